The van der Waals surface area contributed by atoms with E-state index in [2.05, 4.69) is 41.5 Å². The van der Waals surface area contributed by atoms with Crippen LogP contribution in [0.25, 0.3) is 0 Å². The van der Waals surface area contributed by atoms with Crippen molar-refractivity contribution >= 4 is 11.9 Å². The zero-order valence-electron chi connectivity index (χ0n) is 16.1. The maximum absolute atomic E-state index is 11.8. The molecular formula is C19H36O4. The van der Waals surface area contributed by atoms with Crippen LogP contribution in [0, 0.1) is 11.3 Å². The largest absolute Gasteiger partial charge is 0.463 e. The van der Waals surface area contributed by atoms with Crippen LogP contribution >= 0.6 is 0 Å². The summed E-state index contributed by atoms with van der Waals surface area (Å²) < 4.78 is 10.9. The van der Waals surface area contributed by atoms with Gasteiger partial charge in [0.1, 0.15) is 6.10 Å². The lowest BCUT2D eigenvalue weighted by molar-refractivity contribution is -0.152. The van der Waals surface area contributed by atoms with Crippen molar-refractivity contribution < 1.29 is 19.1 Å². The van der Waals surface area contributed by atoms with E-state index in [0.717, 1.165) is 19.3 Å². The maximum Gasteiger partial charge on any atom is 0.306 e. The standard InChI is InChI=1S/C19H36O4/c1-8-10-16(14(2)3)23-18(21)12-9-11-17(20)22-15(4)13-19(5,6)7/h14-16H,8-13H2,1-7H3. The fourth-order valence-electron chi connectivity index (χ4n) is 2.61. The van der Waals surface area contributed by atoms with Crippen LogP contribution in [0.15, 0.2) is 0 Å². The van der Waals surface area contributed by atoms with Gasteiger partial charge in [-0.25, -0.2) is 0 Å². The van der Waals surface area contributed by atoms with Crippen LogP contribution in [-0.2, 0) is 19.1 Å². The molecule has 0 radical (unpaired) electrons. The summed E-state index contributed by atoms with van der Waals surface area (Å²) in [5.41, 5.74) is 0.134. The molecule has 0 rings (SSSR count). The molecule has 0 heterocycles. The lowest BCUT2D eigenvalue weighted by atomic mass is 9.90. The van der Waals surface area contributed by atoms with Gasteiger partial charge in [-0.1, -0.05) is 48.0 Å². The van der Waals surface area contributed by atoms with E-state index in [1.165, 1.54) is 0 Å². The normalized spacial score (nSPS) is 14.4. The maximum atomic E-state index is 11.8. The molecule has 0 bridgehead atoms. The number of ether oxygens (including phenoxy) is 2. The molecule has 0 aromatic rings. The zero-order valence-corrected chi connectivity index (χ0v) is 16.1. The third kappa shape index (κ3) is 12.1. The molecule has 2 atom stereocenters. The minimum absolute atomic E-state index is 0.0220. The first-order valence-electron chi connectivity index (χ1n) is 8.94. The molecule has 0 N–H and O–H groups in total. The number of hydrogen-bond acceptors (Lipinski definition) is 4. The van der Waals surface area contributed by atoms with Crippen molar-refractivity contribution in [1.29, 1.82) is 0 Å². The summed E-state index contributed by atoms with van der Waals surface area (Å²) in [5.74, 6) is -0.127. The summed E-state index contributed by atoms with van der Waals surface area (Å²) in [7, 11) is 0. The van der Waals surface area contributed by atoms with Crippen LogP contribution in [0.5, 0.6) is 0 Å². The van der Waals surface area contributed by atoms with Gasteiger partial charge in [0, 0.05) is 12.8 Å². The Morgan fingerprint density at radius 1 is 0.957 bits per heavy atom. The first-order valence-corrected chi connectivity index (χ1v) is 8.94. The van der Waals surface area contributed by atoms with Crippen molar-refractivity contribution in [2.45, 2.75) is 99.2 Å². The molecule has 4 heteroatoms. The lowest BCUT2D eigenvalue weighted by Gasteiger charge is -2.23. The highest BCUT2D eigenvalue weighted by molar-refractivity contribution is 5.72. The summed E-state index contributed by atoms with van der Waals surface area (Å²) in [6, 6.07) is 0. The van der Waals surface area contributed by atoms with E-state index in [0.29, 0.717) is 12.3 Å². The van der Waals surface area contributed by atoms with Crippen molar-refractivity contribution in [3.8, 4) is 0 Å². The second-order valence-electron chi connectivity index (χ2n) is 7.98. The predicted octanol–water partition coefficient (Wildman–Crippen LogP) is 4.89. The second-order valence-corrected chi connectivity index (χ2v) is 7.98. The van der Waals surface area contributed by atoms with E-state index in [1.54, 1.807) is 0 Å². The summed E-state index contributed by atoms with van der Waals surface area (Å²) in [6.07, 6.45) is 3.61. The van der Waals surface area contributed by atoms with Gasteiger partial charge in [0.15, 0.2) is 0 Å². The fourth-order valence-corrected chi connectivity index (χ4v) is 2.61. The minimum Gasteiger partial charge on any atom is -0.463 e. The van der Waals surface area contributed by atoms with Gasteiger partial charge < -0.3 is 9.47 Å². The molecule has 0 aliphatic rings. The molecule has 4 nitrogen and oxygen atoms in total. The first-order chi connectivity index (χ1) is 10.5. The fraction of sp³-hybridized carbons (Fsp3) is 0.895. The van der Waals surface area contributed by atoms with E-state index >= 15 is 0 Å². The highest BCUT2D eigenvalue weighted by atomic mass is 16.5. The third-order valence-corrected chi connectivity index (χ3v) is 3.59. The van der Waals surface area contributed by atoms with Crippen LogP contribution in [0.4, 0.5) is 0 Å². The van der Waals surface area contributed by atoms with Crippen molar-refractivity contribution in [3.05, 3.63) is 0 Å². The molecule has 136 valence electrons. The molecule has 2 unspecified atom stereocenters. The van der Waals surface area contributed by atoms with E-state index in [9.17, 15) is 9.59 Å². The van der Waals surface area contributed by atoms with E-state index < -0.39 is 0 Å². The van der Waals surface area contributed by atoms with Gasteiger partial charge in [-0.2, -0.15) is 0 Å². The smallest absolute Gasteiger partial charge is 0.306 e. The number of carbonyl (C=O) groups excluding carboxylic acids is 2. The topological polar surface area (TPSA) is 52.6 Å². The quantitative estimate of drug-likeness (QED) is 0.536. The van der Waals surface area contributed by atoms with Crippen LogP contribution in [0.2, 0.25) is 0 Å². The Morgan fingerprint density at radius 2 is 1.48 bits per heavy atom. The molecule has 0 spiro atoms. The highest BCUT2D eigenvalue weighted by Gasteiger charge is 2.20. The van der Waals surface area contributed by atoms with Crippen LogP contribution in [0.1, 0.15) is 87.0 Å². The second kappa shape index (κ2) is 10.7. The summed E-state index contributed by atoms with van der Waals surface area (Å²) in [5, 5.41) is 0. The molecule has 23 heavy (non-hydrogen) atoms. The SMILES string of the molecule is CCCC(OC(=O)CCCC(=O)OC(C)CC(C)(C)C)C(C)C. The van der Waals surface area contributed by atoms with Gasteiger partial charge in [-0.15, -0.1) is 0 Å². The summed E-state index contributed by atoms with van der Waals surface area (Å²) >= 11 is 0. The molecule has 0 amide bonds. The third-order valence-electron chi connectivity index (χ3n) is 3.59. The summed E-state index contributed by atoms with van der Waals surface area (Å²) in [6.45, 7) is 14.5. The Labute approximate surface area is 142 Å². The zero-order chi connectivity index (χ0) is 18.0. The van der Waals surface area contributed by atoms with Gasteiger partial charge in [-0.05, 0) is 37.5 Å². The van der Waals surface area contributed by atoms with Gasteiger partial charge in [-0.3, -0.25) is 9.59 Å². The van der Waals surface area contributed by atoms with Crippen molar-refractivity contribution in [1.82, 2.24) is 0 Å². The number of hydrogen-bond donors (Lipinski definition) is 0. The van der Waals surface area contributed by atoms with Gasteiger partial charge >= 0.3 is 11.9 Å². The number of carbonyl (C=O) groups is 2. The van der Waals surface area contributed by atoms with Gasteiger partial charge in [0.05, 0.1) is 6.10 Å². The average Bonchev–Trinajstić information content (AvgIpc) is 2.35. The highest BCUT2D eigenvalue weighted by Crippen LogP contribution is 2.22. The number of esters is 2. The van der Waals surface area contributed by atoms with Gasteiger partial charge in [0.2, 0.25) is 0 Å². The molecule has 0 aliphatic heterocycles. The van der Waals surface area contributed by atoms with Gasteiger partial charge in [0.25, 0.3) is 0 Å². The molecule has 0 fully saturated rings. The van der Waals surface area contributed by atoms with Crippen molar-refractivity contribution in [2.75, 3.05) is 0 Å². The van der Waals surface area contributed by atoms with Crippen molar-refractivity contribution in [2.24, 2.45) is 11.3 Å². The molecule has 0 saturated heterocycles. The summed E-state index contributed by atoms with van der Waals surface area (Å²) in [4.78, 5) is 23.6. The Bertz CT molecular complexity index is 355. The predicted molar refractivity (Wildman–Crippen MR) is 93.1 cm³/mol. The van der Waals surface area contributed by atoms with Crippen molar-refractivity contribution in [3.63, 3.8) is 0 Å². The Morgan fingerprint density at radius 3 is 1.91 bits per heavy atom. The van der Waals surface area contributed by atoms with Crippen LogP contribution in [0.3, 0.4) is 0 Å². The van der Waals surface area contributed by atoms with Crippen LogP contribution < -0.4 is 0 Å². The average molecular weight is 328 g/mol. The first kappa shape index (κ1) is 21.9. The van der Waals surface area contributed by atoms with Crippen LogP contribution in [-0.4, -0.2) is 24.1 Å². The lowest BCUT2D eigenvalue weighted by Crippen LogP contribution is -2.24. The van der Waals surface area contributed by atoms with E-state index in [1.807, 2.05) is 6.92 Å². The molecule has 0 aromatic carbocycles. The molecule has 0 saturated carbocycles. The van der Waals surface area contributed by atoms with E-state index in [-0.39, 0.29) is 42.4 Å². The molecular weight excluding hydrogens is 292 g/mol. The number of rotatable bonds is 10. The monoisotopic (exact) mass is 328 g/mol. The minimum atomic E-state index is -0.233. The molecule has 0 aliphatic carbocycles. The van der Waals surface area contributed by atoms with E-state index in [4.69, 9.17) is 9.47 Å². The Kier molecular flexibility index (Phi) is 10.2. The molecule has 0 aromatic heterocycles. The Hall–Kier alpha value is -1.06. The Balaban J connectivity index is 4.00.